The maximum atomic E-state index is 11.5. The summed E-state index contributed by atoms with van der Waals surface area (Å²) in [6.07, 6.45) is 3.84. The molecular formula is C12H25NO3S. The van der Waals surface area contributed by atoms with Crippen LogP contribution in [0.1, 0.15) is 52.9 Å². The van der Waals surface area contributed by atoms with E-state index in [1.165, 1.54) is 0 Å². The number of hydrogen-bond acceptors (Lipinski definition) is 3. The summed E-state index contributed by atoms with van der Waals surface area (Å²) < 4.78 is 25.6. The second-order valence-electron chi connectivity index (χ2n) is 6.03. The summed E-state index contributed by atoms with van der Waals surface area (Å²) in [7, 11) is -3.21. The molecule has 0 amide bonds. The lowest BCUT2D eigenvalue weighted by molar-refractivity contribution is -0.0205. The largest absolute Gasteiger partial charge is 0.389 e. The molecule has 4 nitrogen and oxygen atoms in total. The van der Waals surface area contributed by atoms with Gasteiger partial charge in [0.05, 0.1) is 11.4 Å². The predicted molar refractivity (Wildman–Crippen MR) is 69.3 cm³/mol. The monoisotopic (exact) mass is 263 g/mol. The summed E-state index contributed by atoms with van der Waals surface area (Å²) in [6.45, 7) is 6.37. The molecule has 17 heavy (non-hydrogen) atoms. The molecular weight excluding hydrogens is 238 g/mol. The summed E-state index contributed by atoms with van der Waals surface area (Å²) in [5.41, 5.74) is -0.579. The van der Waals surface area contributed by atoms with E-state index in [0.29, 0.717) is 19.3 Å². The molecule has 0 aromatic carbocycles. The van der Waals surface area contributed by atoms with E-state index in [2.05, 4.69) is 18.6 Å². The molecule has 1 aliphatic rings. The van der Waals surface area contributed by atoms with Gasteiger partial charge in [0.2, 0.25) is 10.0 Å². The van der Waals surface area contributed by atoms with E-state index >= 15 is 0 Å². The Labute approximate surface area is 105 Å². The van der Waals surface area contributed by atoms with Crippen molar-refractivity contribution in [2.24, 2.45) is 5.41 Å². The molecule has 0 aliphatic heterocycles. The Balaban J connectivity index is 2.47. The van der Waals surface area contributed by atoms with E-state index in [-0.39, 0.29) is 17.7 Å². The number of hydrogen-bond donors (Lipinski definition) is 2. The van der Waals surface area contributed by atoms with Crippen LogP contribution in [0, 0.1) is 5.41 Å². The molecule has 102 valence electrons. The summed E-state index contributed by atoms with van der Waals surface area (Å²) >= 11 is 0. The van der Waals surface area contributed by atoms with Crippen LogP contribution in [-0.4, -0.2) is 31.4 Å². The van der Waals surface area contributed by atoms with Gasteiger partial charge in [-0.2, -0.15) is 0 Å². The molecule has 0 heterocycles. The normalized spacial score (nSPS) is 23.5. The highest BCUT2D eigenvalue weighted by Crippen LogP contribution is 2.39. The van der Waals surface area contributed by atoms with Crippen molar-refractivity contribution < 1.29 is 13.5 Å². The van der Waals surface area contributed by atoms with Gasteiger partial charge in [-0.25, -0.2) is 13.1 Å². The van der Waals surface area contributed by atoms with Gasteiger partial charge in [-0.1, -0.05) is 20.8 Å². The topological polar surface area (TPSA) is 66.4 Å². The van der Waals surface area contributed by atoms with E-state index in [1.54, 1.807) is 0 Å². The van der Waals surface area contributed by atoms with E-state index in [1.807, 2.05) is 6.92 Å². The maximum Gasteiger partial charge on any atom is 0.211 e. The Morgan fingerprint density at radius 1 is 1.18 bits per heavy atom. The van der Waals surface area contributed by atoms with Crippen LogP contribution in [0.15, 0.2) is 0 Å². The Hall–Kier alpha value is -0.130. The van der Waals surface area contributed by atoms with E-state index in [9.17, 15) is 13.5 Å². The number of rotatable bonds is 5. The first kappa shape index (κ1) is 14.9. The zero-order valence-corrected chi connectivity index (χ0v) is 11.9. The molecule has 0 atom stereocenters. The van der Waals surface area contributed by atoms with Gasteiger partial charge in [-0.05, 0) is 37.5 Å². The molecule has 1 fully saturated rings. The summed E-state index contributed by atoms with van der Waals surface area (Å²) in [6, 6.07) is 0. The third-order valence-electron chi connectivity index (χ3n) is 3.63. The van der Waals surface area contributed by atoms with Gasteiger partial charge in [0, 0.05) is 6.54 Å². The van der Waals surface area contributed by atoms with Crippen LogP contribution in [0.4, 0.5) is 0 Å². The fraction of sp³-hybridized carbons (Fsp3) is 1.00. The maximum absolute atomic E-state index is 11.5. The quantitative estimate of drug-likeness (QED) is 0.792. The van der Waals surface area contributed by atoms with Crippen LogP contribution in [0.3, 0.4) is 0 Å². The van der Waals surface area contributed by atoms with Crippen molar-refractivity contribution in [2.75, 3.05) is 12.3 Å². The minimum absolute atomic E-state index is 0.134. The van der Waals surface area contributed by atoms with Gasteiger partial charge < -0.3 is 5.11 Å². The van der Waals surface area contributed by atoms with Crippen molar-refractivity contribution in [3.63, 3.8) is 0 Å². The van der Waals surface area contributed by atoms with Gasteiger partial charge in [-0.15, -0.1) is 0 Å². The molecule has 0 saturated heterocycles. The van der Waals surface area contributed by atoms with Crippen molar-refractivity contribution in [1.29, 1.82) is 0 Å². The van der Waals surface area contributed by atoms with Crippen molar-refractivity contribution in [2.45, 2.75) is 58.5 Å². The third-order valence-corrected chi connectivity index (χ3v) is 5.16. The highest BCUT2D eigenvalue weighted by Gasteiger charge is 2.37. The molecule has 0 unspecified atom stereocenters. The Kier molecular flexibility index (Phi) is 4.60. The first-order valence-electron chi connectivity index (χ1n) is 6.38. The summed E-state index contributed by atoms with van der Waals surface area (Å²) in [5.74, 6) is 0.134. The average molecular weight is 263 g/mol. The minimum atomic E-state index is -3.21. The first-order valence-corrected chi connectivity index (χ1v) is 8.03. The highest BCUT2D eigenvalue weighted by atomic mass is 32.2. The molecule has 1 saturated carbocycles. The van der Waals surface area contributed by atoms with Crippen LogP contribution >= 0.6 is 0 Å². The van der Waals surface area contributed by atoms with Crippen LogP contribution in [0.2, 0.25) is 0 Å². The standard InChI is InChI=1S/C12H25NO3S/c1-4-9-17(15,16)13-10-12(14)7-5-11(2,3)6-8-12/h13-14H,4-10H2,1-3H3. The summed E-state index contributed by atoms with van der Waals surface area (Å²) in [4.78, 5) is 0. The highest BCUT2D eigenvalue weighted by molar-refractivity contribution is 7.89. The molecule has 0 bridgehead atoms. The van der Waals surface area contributed by atoms with Crippen LogP contribution in [0.5, 0.6) is 0 Å². The zero-order chi connectivity index (χ0) is 13.2. The molecule has 0 aromatic rings. The van der Waals surface area contributed by atoms with Crippen LogP contribution in [-0.2, 0) is 10.0 Å². The molecule has 0 aromatic heterocycles. The fourth-order valence-electron chi connectivity index (χ4n) is 2.15. The van der Waals surface area contributed by atoms with Crippen LogP contribution < -0.4 is 4.72 Å². The number of aliphatic hydroxyl groups is 1. The lowest BCUT2D eigenvalue weighted by Crippen LogP contribution is -2.46. The Morgan fingerprint density at radius 3 is 2.18 bits per heavy atom. The lowest BCUT2D eigenvalue weighted by atomic mass is 9.71. The minimum Gasteiger partial charge on any atom is -0.389 e. The third kappa shape index (κ3) is 4.94. The van der Waals surface area contributed by atoms with Crippen molar-refractivity contribution in [1.82, 2.24) is 4.72 Å². The molecule has 1 aliphatic carbocycles. The van der Waals surface area contributed by atoms with Crippen molar-refractivity contribution >= 4 is 10.0 Å². The Morgan fingerprint density at radius 2 is 1.71 bits per heavy atom. The molecule has 0 radical (unpaired) electrons. The Bertz CT molecular complexity index is 339. The molecule has 1 rings (SSSR count). The van der Waals surface area contributed by atoms with Gasteiger partial charge in [0.25, 0.3) is 0 Å². The summed E-state index contributed by atoms with van der Waals surface area (Å²) in [5, 5.41) is 10.3. The number of sulfonamides is 1. The van der Waals surface area contributed by atoms with Crippen LogP contribution in [0.25, 0.3) is 0 Å². The smallest absolute Gasteiger partial charge is 0.211 e. The molecule has 5 heteroatoms. The zero-order valence-electron chi connectivity index (χ0n) is 11.1. The number of nitrogens with one attached hydrogen (secondary N) is 1. The van der Waals surface area contributed by atoms with Gasteiger partial charge in [0.1, 0.15) is 0 Å². The molecule has 0 spiro atoms. The fourth-order valence-corrected chi connectivity index (χ4v) is 3.32. The predicted octanol–water partition coefficient (Wildman–Crippen LogP) is 1.65. The van der Waals surface area contributed by atoms with Gasteiger partial charge in [0.15, 0.2) is 0 Å². The second kappa shape index (κ2) is 5.24. The van der Waals surface area contributed by atoms with Crippen molar-refractivity contribution in [3.8, 4) is 0 Å². The van der Waals surface area contributed by atoms with Gasteiger partial charge >= 0.3 is 0 Å². The first-order chi connectivity index (χ1) is 7.68. The second-order valence-corrected chi connectivity index (χ2v) is 7.95. The SMILES string of the molecule is CCCS(=O)(=O)NCC1(O)CCC(C)(C)CC1. The van der Waals surface area contributed by atoms with E-state index < -0.39 is 15.6 Å². The van der Waals surface area contributed by atoms with E-state index in [0.717, 1.165) is 12.8 Å². The molecule has 2 N–H and O–H groups in total. The average Bonchev–Trinajstić information content (AvgIpc) is 2.21. The van der Waals surface area contributed by atoms with E-state index in [4.69, 9.17) is 0 Å². The lowest BCUT2D eigenvalue weighted by Gasteiger charge is -2.40. The van der Waals surface area contributed by atoms with Crippen molar-refractivity contribution in [3.05, 3.63) is 0 Å². The van der Waals surface area contributed by atoms with Gasteiger partial charge in [-0.3, -0.25) is 0 Å².